The molecule has 1 aliphatic heterocycles. The Balaban J connectivity index is 1.23. The minimum atomic E-state index is -3.62. The fourth-order valence-electron chi connectivity index (χ4n) is 4.93. The van der Waals surface area contributed by atoms with Gasteiger partial charge in [-0.15, -0.1) is 11.3 Å². The van der Waals surface area contributed by atoms with E-state index in [9.17, 15) is 13.2 Å². The summed E-state index contributed by atoms with van der Waals surface area (Å²) in [5, 5.41) is 5.43. The second-order valence-corrected chi connectivity index (χ2v) is 12.0. The van der Waals surface area contributed by atoms with Crippen molar-refractivity contribution in [2.24, 2.45) is 0 Å². The number of carbonyl (C=O) groups excluding carboxylic acids is 1. The summed E-state index contributed by atoms with van der Waals surface area (Å²) in [5.74, 6) is -0.610. The normalized spacial score (nSPS) is 12.9. The Labute approximate surface area is 231 Å². The lowest BCUT2D eigenvalue weighted by Crippen LogP contribution is -2.29. The molecule has 39 heavy (non-hydrogen) atoms. The SMILES string of the molecule is O=C(Nc1nc(-c2ccc3c(c2)CCN3S(=O)(=O)c2ccccc2)cs1)C(c1ccccc1)c1ccccc1. The Morgan fingerprint density at radius 2 is 1.46 bits per heavy atom. The van der Waals surface area contributed by atoms with Gasteiger partial charge in [0, 0.05) is 17.5 Å². The van der Waals surface area contributed by atoms with Gasteiger partial charge in [0.05, 0.1) is 22.2 Å². The van der Waals surface area contributed by atoms with Gasteiger partial charge in [0.15, 0.2) is 5.13 Å². The first kappa shape index (κ1) is 25.0. The van der Waals surface area contributed by atoms with E-state index in [2.05, 4.69) is 10.3 Å². The van der Waals surface area contributed by atoms with Gasteiger partial charge in [-0.05, 0) is 47.4 Å². The van der Waals surface area contributed by atoms with E-state index >= 15 is 0 Å². The van der Waals surface area contributed by atoms with E-state index in [4.69, 9.17) is 0 Å². The molecule has 0 aliphatic carbocycles. The van der Waals surface area contributed by atoms with E-state index in [0.29, 0.717) is 23.8 Å². The standard InChI is InChI=1S/C31H25N3O3S2/c35-30(29(22-10-4-1-5-11-22)23-12-6-2-7-13-23)33-31-32-27(21-38-31)24-16-17-28-25(20-24)18-19-34(28)39(36,37)26-14-8-3-9-15-26/h1-17,20-21,29H,18-19H2,(H,32,33,35). The summed E-state index contributed by atoms with van der Waals surface area (Å²) in [7, 11) is -3.62. The molecule has 4 aromatic carbocycles. The smallest absolute Gasteiger partial charge is 0.264 e. The molecule has 1 amide bonds. The number of benzene rings is 4. The van der Waals surface area contributed by atoms with Gasteiger partial charge >= 0.3 is 0 Å². The highest BCUT2D eigenvalue weighted by molar-refractivity contribution is 7.92. The Hall–Kier alpha value is -4.27. The van der Waals surface area contributed by atoms with Crippen molar-refractivity contribution in [3.8, 4) is 11.3 Å². The number of carbonyl (C=O) groups is 1. The van der Waals surface area contributed by atoms with Crippen LogP contribution in [0.3, 0.4) is 0 Å². The molecule has 0 radical (unpaired) electrons. The molecule has 0 saturated carbocycles. The van der Waals surface area contributed by atoms with Crippen LogP contribution >= 0.6 is 11.3 Å². The zero-order valence-electron chi connectivity index (χ0n) is 20.9. The first-order chi connectivity index (χ1) is 19.0. The number of nitrogens with one attached hydrogen (secondary N) is 1. The molecular formula is C31H25N3O3S2. The number of aromatic nitrogens is 1. The molecule has 1 N–H and O–H groups in total. The molecule has 0 saturated heterocycles. The number of nitrogens with zero attached hydrogens (tertiary/aromatic N) is 2. The summed E-state index contributed by atoms with van der Waals surface area (Å²) < 4.78 is 27.9. The van der Waals surface area contributed by atoms with E-state index < -0.39 is 15.9 Å². The molecule has 0 atom stereocenters. The lowest BCUT2D eigenvalue weighted by molar-refractivity contribution is -0.116. The number of hydrogen-bond acceptors (Lipinski definition) is 5. The summed E-state index contributed by atoms with van der Waals surface area (Å²) in [4.78, 5) is 18.4. The van der Waals surface area contributed by atoms with Crippen molar-refractivity contribution in [2.75, 3.05) is 16.2 Å². The molecule has 0 bridgehead atoms. The summed E-state index contributed by atoms with van der Waals surface area (Å²) >= 11 is 1.37. The number of anilines is 2. The summed E-state index contributed by atoms with van der Waals surface area (Å²) in [6.45, 7) is 0.398. The van der Waals surface area contributed by atoms with Crippen molar-refractivity contribution in [3.63, 3.8) is 0 Å². The first-order valence-corrected chi connectivity index (χ1v) is 14.9. The second-order valence-electron chi connectivity index (χ2n) is 9.27. The number of thiazole rings is 1. The van der Waals surface area contributed by atoms with Gasteiger partial charge in [0.1, 0.15) is 0 Å². The highest BCUT2D eigenvalue weighted by atomic mass is 32.2. The van der Waals surface area contributed by atoms with Gasteiger partial charge < -0.3 is 5.32 Å². The van der Waals surface area contributed by atoms with E-state index in [1.807, 2.05) is 84.2 Å². The van der Waals surface area contributed by atoms with Crippen molar-refractivity contribution >= 4 is 38.1 Å². The summed E-state index contributed by atoms with van der Waals surface area (Å²) in [6.07, 6.45) is 0.624. The average molecular weight is 552 g/mol. The third kappa shape index (κ3) is 4.96. The lowest BCUT2D eigenvalue weighted by atomic mass is 9.90. The van der Waals surface area contributed by atoms with Gasteiger partial charge in [-0.3, -0.25) is 9.10 Å². The van der Waals surface area contributed by atoms with Gasteiger partial charge in [-0.1, -0.05) is 84.9 Å². The zero-order valence-corrected chi connectivity index (χ0v) is 22.5. The fraction of sp³-hybridized carbons (Fsp3) is 0.0968. The first-order valence-electron chi connectivity index (χ1n) is 12.6. The molecule has 5 aromatic rings. The zero-order chi connectivity index (χ0) is 26.8. The molecule has 6 rings (SSSR count). The number of rotatable bonds is 7. The quantitative estimate of drug-likeness (QED) is 0.256. The van der Waals surface area contributed by atoms with Crippen LogP contribution in [0.15, 0.2) is 119 Å². The monoisotopic (exact) mass is 551 g/mol. The highest BCUT2D eigenvalue weighted by Crippen LogP contribution is 2.36. The molecule has 1 aromatic heterocycles. The van der Waals surface area contributed by atoms with Crippen molar-refractivity contribution < 1.29 is 13.2 Å². The average Bonchev–Trinajstić information content (AvgIpc) is 3.62. The summed E-state index contributed by atoms with van der Waals surface area (Å²) in [6, 6.07) is 33.6. The molecule has 1 aliphatic rings. The van der Waals surface area contributed by atoms with Gasteiger partial charge in [0.25, 0.3) is 10.0 Å². The molecule has 6 nitrogen and oxygen atoms in total. The van der Waals surface area contributed by atoms with Crippen molar-refractivity contribution in [2.45, 2.75) is 17.2 Å². The Bertz CT molecular complexity index is 1680. The molecule has 8 heteroatoms. The van der Waals surface area contributed by atoms with Crippen LogP contribution in [0.4, 0.5) is 10.8 Å². The lowest BCUT2D eigenvalue weighted by Gasteiger charge is -2.19. The fourth-order valence-corrected chi connectivity index (χ4v) is 7.17. The van der Waals surface area contributed by atoms with Crippen molar-refractivity contribution in [1.29, 1.82) is 0 Å². The number of amides is 1. The van der Waals surface area contributed by atoms with Crippen molar-refractivity contribution in [3.05, 3.63) is 131 Å². The van der Waals surface area contributed by atoms with Crippen molar-refractivity contribution in [1.82, 2.24) is 4.98 Å². The predicted molar refractivity (Wildman–Crippen MR) is 156 cm³/mol. The van der Waals surface area contributed by atoms with Crippen LogP contribution in [-0.4, -0.2) is 25.9 Å². The van der Waals surface area contributed by atoms with Gasteiger partial charge in [0.2, 0.25) is 5.91 Å². The number of hydrogen-bond donors (Lipinski definition) is 1. The minimum absolute atomic E-state index is 0.149. The Morgan fingerprint density at radius 1 is 0.846 bits per heavy atom. The molecule has 194 valence electrons. The maximum atomic E-state index is 13.5. The predicted octanol–water partition coefficient (Wildman–Crippen LogP) is 6.33. The largest absolute Gasteiger partial charge is 0.301 e. The van der Waals surface area contributed by atoms with Gasteiger partial charge in [-0.25, -0.2) is 13.4 Å². The second kappa shape index (κ2) is 10.5. The van der Waals surface area contributed by atoms with E-state index in [-0.39, 0.29) is 10.8 Å². The molecule has 2 heterocycles. The maximum absolute atomic E-state index is 13.5. The maximum Gasteiger partial charge on any atom is 0.264 e. The van der Waals surface area contributed by atoms with Crippen LogP contribution < -0.4 is 9.62 Å². The third-order valence-corrected chi connectivity index (χ3v) is 9.41. The van der Waals surface area contributed by atoms with Crippen LogP contribution in [-0.2, 0) is 21.2 Å². The number of fused-ring (bicyclic) bond motifs is 1. The Morgan fingerprint density at radius 3 is 2.10 bits per heavy atom. The Kier molecular flexibility index (Phi) is 6.72. The summed E-state index contributed by atoms with van der Waals surface area (Å²) in [5.41, 5.74) is 5.09. The van der Waals surface area contributed by atoms with Crippen LogP contribution in [0.1, 0.15) is 22.6 Å². The topological polar surface area (TPSA) is 79.4 Å². The highest BCUT2D eigenvalue weighted by Gasteiger charge is 2.31. The van der Waals surface area contributed by atoms with Crippen LogP contribution in [0.25, 0.3) is 11.3 Å². The molecule has 0 fully saturated rings. The van der Waals surface area contributed by atoms with Gasteiger partial charge in [-0.2, -0.15) is 0 Å². The third-order valence-electron chi connectivity index (χ3n) is 6.82. The van der Waals surface area contributed by atoms with E-state index in [1.54, 1.807) is 30.3 Å². The molecule has 0 unspecified atom stereocenters. The minimum Gasteiger partial charge on any atom is -0.301 e. The van der Waals surface area contributed by atoms with Crippen LogP contribution in [0, 0.1) is 0 Å². The number of sulfonamides is 1. The molecule has 0 spiro atoms. The van der Waals surface area contributed by atoms with E-state index in [0.717, 1.165) is 27.9 Å². The van der Waals surface area contributed by atoms with Crippen LogP contribution in [0.2, 0.25) is 0 Å². The van der Waals surface area contributed by atoms with Crippen LogP contribution in [0.5, 0.6) is 0 Å². The van der Waals surface area contributed by atoms with E-state index in [1.165, 1.54) is 15.6 Å². The molecular weight excluding hydrogens is 526 g/mol.